The number of aromatic amines is 1. The fourth-order valence-electron chi connectivity index (χ4n) is 8.66. The van der Waals surface area contributed by atoms with Gasteiger partial charge in [0.05, 0.1) is 6.04 Å². The first kappa shape index (κ1) is 58.5. The van der Waals surface area contributed by atoms with Crippen LogP contribution in [0.4, 0.5) is 0 Å². The number of hydrogen-bond acceptors (Lipinski definition) is 11. The summed E-state index contributed by atoms with van der Waals surface area (Å²) in [6, 6.07) is 7.33. The number of likely N-dealkylation sites (tertiary alicyclic amines) is 1. The number of carboxylic acids is 1. The molecule has 8 atom stereocenters. The maximum atomic E-state index is 14.4. The number of carbonyl (C=O) groups excluding carboxylic acids is 7. The maximum absolute atomic E-state index is 14.4. The Bertz CT molecular complexity index is 2370. The van der Waals surface area contributed by atoms with Gasteiger partial charge in [-0.05, 0) is 87.4 Å². The molecule has 0 saturated carbocycles. The summed E-state index contributed by atoms with van der Waals surface area (Å²) in [6.45, 7) is 9.31. The summed E-state index contributed by atoms with van der Waals surface area (Å²) in [6.07, 6.45) is 4.76. The van der Waals surface area contributed by atoms with Gasteiger partial charge in [0.1, 0.15) is 42.3 Å². The molecule has 8 unspecified atom stereocenters. The summed E-state index contributed by atoms with van der Waals surface area (Å²) < 4.78 is 0. The molecule has 22 nitrogen and oxygen atoms in total. The fraction of sp³-hybridized carbons (Fsp3) is 0.549. The number of nitrogens with one attached hydrogen (secondary N) is 7. The normalized spacial score (nSPS) is 16.3. The monoisotopic (exact) mass is 1020 g/mol. The molecular formula is C51H77N13O9. The van der Waals surface area contributed by atoms with Crippen LogP contribution in [-0.2, 0) is 51.2 Å². The van der Waals surface area contributed by atoms with Crippen LogP contribution in [0.2, 0.25) is 0 Å². The second kappa shape index (κ2) is 28.8. The Morgan fingerprint density at radius 2 is 1.37 bits per heavy atom. The molecule has 1 aliphatic heterocycles. The Morgan fingerprint density at radius 1 is 0.726 bits per heavy atom. The van der Waals surface area contributed by atoms with E-state index in [9.17, 15) is 43.5 Å². The molecule has 0 radical (unpaired) electrons. The Hall–Kier alpha value is -7.07. The number of para-hydroxylation sites is 1. The second-order valence-electron chi connectivity index (χ2n) is 19.5. The highest BCUT2D eigenvalue weighted by Crippen LogP contribution is 2.23. The number of benzene rings is 2. The van der Waals surface area contributed by atoms with Crippen molar-refractivity contribution < 1.29 is 43.5 Å². The lowest BCUT2D eigenvalue weighted by molar-refractivity contribution is -0.142. The molecule has 1 fully saturated rings. The number of hydrogen-bond donors (Lipinski definition) is 12. The van der Waals surface area contributed by atoms with Gasteiger partial charge < -0.3 is 69.8 Å². The van der Waals surface area contributed by atoms with Gasteiger partial charge in [-0.1, -0.05) is 82.6 Å². The van der Waals surface area contributed by atoms with Crippen LogP contribution in [0.1, 0.15) is 97.1 Å². The maximum Gasteiger partial charge on any atom is 0.326 e. The van der Waals surface area contributed by atoms with Gasteiger partial charge in [0.15, 0.2) is 5.96 Å². The van der Waals surface area contributed by atoms with Crippen molar-refractivity contribution in [3.63, 3.8) is 0 Å². The molecule has 400 valence electrons. The molecule has 2 aromatic carbocycles. The Morgan fingerprint density at radius 3 is 2.03 bits per heavy atom. The Labute approximate surface area is 426 Å². The van der Waals surface area contributed by atoms with E-state index < -0.39 is 102 Å². The molecule has 3 aromatic rings. The van der Waals surface area contributed by atoms with Crippen molar-refractivity contribution in [2.24, 2.45) is 39.8 Å². The molecule has 2 heterocycles. The van der Waals surface area contributed by atoms with Crippen molar-refractivity contribution in [3.05, 3.63) is 71.9 Å². The number of aliphatic carboxylic acids is 1. The van der Waals surface area contributed by atoms with Gasteiger partial charge in [-0.2, -0.15) is 0 Å². The zero-order valence-electron chi connectivity index (χ0n) is 42.7. The van der Waals surface area contributed by atoms with Gasteiger partial charge in [-0.3, -0.25) is 38.6 Å². The lowest BCUT2D eigenvalue weighted by Gasteiger charge is -2.30. The summed E-state index contributed by atoms with van der Waals surface area (Å²) in [7, 11) is 0. The van der Waals surface area contributed by atoms with Crippen molar-refractivity contribution in [1.82, 2.24) is 41.8 Å². The first-order valence-electron chi connectivity index (χ1n) is 25.2. The molecule has 1 saturated heterocycles. The number of rotatable bonds is 29. The van der Waals surface area contributed by atoms with Crippen LogP contribution >= 0.6 is 0 Å². The lowest BCUT2D eigenvalue weighted by atomic mass is 9.99. The number of carbonyl (C=O) groups is 8. The molecule has 1 aromatic heterocycles. The number of H-pyrrole nitrogens is 1. The molecule has 4 rings (SSSR count). The molecule has 7 amide bonds. The molecule has 0 spiro atoms. The topological polar surface area (TPSA) is 364 Å². The highest BCUT2D eigenvalue weighted by Gasteiger charge is 2.40. The third-order valence-corrected chi connectivity index (χ3v) is 12.7. The number of aromatic nitrogens is 1. The van der Waals surface area contributed by atoms with Crippen molar-refractivity contribution in [1.29, 1.82) is 0 Å². The summed E-state index contributed by atoms with van der Waals surface area (Å²) in [5.74, 6) is -6.56. The smallest absolute Gasteiger partial charge is 0.326 e. The minimum Gasteiger partial charge on any atom is -0.480 e. The van der Waals surface area contributed by atoms with Crippen LogP contribution in [-0.4, -0.2) is 136 Å². The first-order valence-corrected chi connectivity index (χ1v) is 25.2. The molecule has 0 bridgehead atoms. The zero-order valence-corrected chi connectivity index (χ0v) is 42.7. The number of amides is 7. The van der Waals surface area contributed by atoms with E-state index in [2.05, 4.69) is 41.9 Å². The van der Waals surface area contributed by atoms with E-state index in [1.165, 1.54) is 11.8 Å². The summed E-state index contributed by atoms with van der Waals surface area (Å²) >= 11 is 0. The van der Waals surface area contributed by atoms with E-state index in [-0.39, 0.29) is 57.1 Å². The minimum atomic E-state index is -1.30. The van der Waals surface area contributed by atoms with Crippen LogP contribution < -0.4 is 54.8 Å². The zero-order chi connectivity index (χ0) is 53.8. The summed E-state index contributed by atoms with van der Waals surface area (Å²) in [5.41, 5.74) is 24.9. The summed E-state index contributed by atoms with van der Waals surface area (Å²) in [5, 5.41) is 27.0. The van der Waals surface area contributed by atoms with Crippen LogP contribution in [0.5, 0.6) is 0 Å². The molecular weight excluding hydrogens is 939 g/mol. The van der Waals surface area contributed by atoms with Crippen molar-refractivity contribution >= 4 is 64.2 Å². The van der Waals surface area contributed by atoms with Gasteiger partial charge in [0.2, 0.25) is 41.4 Å². The molecule has 22 heteroatoms. The molecule has 73 heavy (non-hydrogen) atoms. The first-order chi connectivity index (χ1) is 34.7. The highest BCUT2D eigenvalue weighted by atomic mass is 16.4. The predicted octanol–water partition coefficient (Wildman–Crippen LogP) is 0.169. The van der Waals surface area contributed by atoms with Crippen molar-refractivity contribution in [2.45, 2.75) is 147 Å². The van der Waals surface area contributed by atoms with Gasteiger partial charge >= 0.3 is 5.97 Å². The molecule has 16 N–H and O–H groups in total. The van der Waals surface area contributed by atoms with E-state index in [0.717, 1.165) is 16.5 Å². The van der Waals surface area contributed by atoms with Gasteiger partial charge in [-0.15, -0.1) is 0 Å². The summed E-state index contributed by atoms with van der Waals surface area (Å²) in [4.78, 5) is 118. The van der Waals surface area contributed by atoms with Gasteiger partial charge in [0, 0.05) is 43.0 Å². The SMILES string of the molecule is CC(C)CC(NC(=O)C(C)NC(=O)C1CCCN1C(=O)C(Cc1c[nH]c2ccccc12)NC(=O)C(N)CCCCN)C(=O)NC(Cc1ccccc1)C(=O)NC(C(=O)NC(CCCN=C(N)N)C(=O)O)C(C)C. The number of carboxylic acid groups (broad SMARTS) is 1. The number of fused-ring (bicyclic) bond motifs is 1. The van der Waals surface area contributed by atoms with Gasteiger partial charge in [0.25, 0.3) is 0 Å². The largest absolute Gasteiger partial charge is 0.480 e. The average molecular weight is 1020 g/mol. The molecule has 1 aliphatic rings. The quantitative estimate of drug-likeness (QED) is 0.0251. The van der Waals surface area contributed by atoms with E-state index in [4.69, 9.17) is 22.9 Å². The van der Waals surface area contributed by atoms with Crippen LogP contribution in [0, 0.1) is 11.8 Å². The van der Waals surface area contributed by atoms with Crippen molar-refractivity contribution in [2.75, 3.05) is 19.6 Å². The second-order valence-corrected chi connectivity index (χ2v) is 19.5. The van der Waals surface area contributed by atoms with E-state index >= 15 is 0 Å². The number of guanidine groups is 1. The number of aliphatic imine (C=N–C) groups is 1. The Balaban J connectivity index is 1.48. The lowest BCUT2D eigenvalue weighted by Crippen LogP contribution is -2.60. The highest BCUT2D eigenvalue weighted by molar-refractivity contribution is 5.98. The molecule has 0 aliphatic carbocycles. The van der Waals surface area contributed by atoms with E-state index in [1.807, 2.05) is 38.1 Å². The minimum absolute atomic E-state index is 0.00722. The van der Waals surface area contributed by atoms with Gasteiger partial charge in [-0.25, -0.2) is 4.79 Å². The third kappa shape index (κ3) is 18.2. The van der Waals surface area contributed by atoms with Crippen molar-refractivity contribution in [3.8, 4) is 0 Å². The van der Waals surface area contributed by atoms with E-state index in [0.29, 0.717) is 44.2 Å². The Kier molecular flexibility index (Phi) is 23.1. The number of nitrogens with two attached hydrogens (primary N) is 4. The third-order valence-electron chi connectivity index (χ3n) is 12.7. The van der Waals surface area contributed by atoms with Crippen LogP contribution in [0.25, 0.3) is 10.9 Å². The van der Waals surface area contributed by atoms with E-state index in [1.54, 1.807) is 50.4 Å². The average Bonchev–Trinajstić information content (AvgIpc) is 4.01. The van der Waals surface area contributed by atoms with Crippen LogP contribution in [0.3, 0.4) is 0 Å². The predicted molar refractivity (Wildman–Crippen MR) is 277 cm³/mol. The number of nitrogens with zero attached hydrogens (tertiary/aromatic N) is 2. The number of unbranched alkanes of at least 4 members (excludes halogenated alkanes) is 1. The standard InChI is InChI=1S/C51H77N13O9/c1-29(2)25-38(45(67)61-39(26-32-15-7-6-8-16-32)46(68)63-42(30(3)4)48(70)59-37(50(72)73)20-13-23-56-51(54)55)60-43(65)31(5)58-47(69)41-21-14-24-64(41)49(71)40(62-44(66)35(53)18-11-12-22-52)27-33-28-57-36-19-10-9-17-34(33)36/h6-10,15-17,19,28-31,35,37-42,57H,11-14,18,20-27,52-53H2,1-5H3,(H,58,69)(H,59,70)(H,60,65)(H,61,67)(H,62,66)(H,63,68)(H,72,73)(H4,54,55,56). The van der Waals surface area contributed by atoms with Crippen LogP contribution in [0.15, 0.2) is 65.8 Å². The fourth-order valence-corrected chi connectivity index (χ4v) is 8.66.